The molecule has 6 heteroatoms. The minimum absolute atomic E-state index is 0.0143. The van der Waals surface area contributed by atoms with Gasteiger partial charge in [-0.1, -0.05) is 54.6 Å². The van der Waals surface area contributed by atoms with Gasteiger partial charge in [-0.2, -0.15) is 0 Å². The maximum Gasteiger partial charge on any atom is 0.164 e. The molecule has 0 radical (unpaired) electrons. The van der Waals surface area contributed by atoms with Crippen molar-refractivity contribution >= 4 is 10.9 Å². The Balaban J connectivity index is 1.29. The molecule has 1 aliphatic rings. The maximum absolute atomic E-state index is 10.8. The van der Waals surface area contributed by atoms with E-state index in [9.17, 15) is 5.11 Å². The van der Waals surface area contributed by atoms with Gasteiger partial charge < -0.3 is 29.6 Å². The van der Waals surface area contributed by atoms with E-state index in [1.807, 2.05) is 18.2 Å². The summed E-state index contributed by atoms with van der Waals surface area (Å²) in [6, 6.07) is 22.8. The highest BCUT2D eigenvalue weighted by molar-refractivity contribution is 5.84. The molecule has 4 aromatic rings. The van der Waals surface area contributed by atoms with E-state index in [1.165, 1.54) is 22.1 Å². The SMILES string of the molecule is COc1cccc([C@H](CNC[C@@H](O)CO[C@@H]2CCCc3ccccc32)c2c[nH]c3ccccc23)c1OC. The van der Waals surface area contributed by atoms with E-state index in [0.717, 1.165) is 36.1 Å². The summed E-state index contributed by atoms with van der Waals surface area (Å²) in [7, 11) is 3.33. The summed E-state index contributed by atoms with van der Waals surface area (Å²) < 4.78 is 17.5. The fraction of sp³-hybridized carbons (Fsp3) is 0.355. The van der Waals surface area contributed by atoms with E-state index in [4.69, 9.17) is 14.2 Å². The van der Waals surface area contributed by atoms with E-state index in [0.29, 0.717) is 25.4 Å². The molecule has 3 aromatic carbocycles. The fourth-order valence-corrected chi connectivity index (χ4v) is 5.52. The molecule has 194 valence electrons. The zero-order valence-electron chi connectivity index (χ0n) is 21.6. The predicted octanol–water partition coefficient (Wildman–Crippen LogP) is 5.36. The topological polar surface area (TPSA) is 75.7 Å². The van der Waals surface area contributed by atoms with Gasteiger partial charge in [0.25, 0.3) is 0 Å². The fourth-order valence-electron chi connectivity index (χ4n) is 5.52. The first-order valence-electron chi connectivity index (χ1n) is 13.0. The average Bonchev–Trinajstić information content (AvgIpc) is 3.37. The van der Waals surface area contributed by atoms with Gasteiger partial charge in [-0.25, -0.2) is 0 Å². The second kappa shape index (κ2) is 11.8. The molecular formula is C31H36N2O4. The monoisotopic (exact) mass is 500 g/mol. The summed E-state index contributed by atoms with van der Waals surface area (Å²) >= 11 is 0. The molecule has 0 fully saturated rings. The van der Waals surface area contributed by atoms with Crippen LogP contribution in [-0.4, -0.2) is 50.1 Å². The largest absolute Gasteiger partial charge is 0.493 e. The summed E-state index contributed by atoms with van der Waals surface area (Å²) in [5, 5.41) is 15.4. The third kappa shape index (κ3) is 5.52. The van der Waals surface area contributed by atoms with Crippen LogP contribution in [0.5, 0.6) is 11.5 Å². The van der Waals surface area contributed by atoms with Crippen LogP contribution in [0.2, 0.25) is 0 Å². The Morgan fingerprint density at radius 1 is 0.946 bits per heavy atom. The molecule has 3 N–H and O–H groups in total. The Morgan fingerprint density at radius 2 is 1.78 bits per heavy atom. The summed E-state index contributed by atoms with van der Waals surface area (Å²) in [6.07, 6.45) is 4.73. The molecule has 0 unspecified atom stereocenters. The summed E-state index contributed by atoms with van der Waals surface area (Å²) in [5.41, 5.74) is 5.91. The summed E-state index contributed by atoms with van der Waals surface area (Å²) in [5.74, 6) is 1.41. The highest BCUT2D eigenvalue weighted by Crippen LogP contribution is 2.40. The van der Waals surface area contributed by atoms with Gasteiger partial charge in [0.05, 0.1) is 33.0 Å². The van der Waals surface area contributed by atoms with E-state index >= 15 is 0 Å². The lowest BCUT2D eigenvalue weighted by Crippen LogP contribution is -2.34. The van der Waals surface area contributed by atoms with Crippen molar-refractivity contribution in [3.63, 3.8) is 0 Å². The van der Waals surface area contributed by atoms with E-state index in [-0.39, 0.29) is 12.0 Å². The average molecular weight is 501 g/mol. The second-order valence-corrected chi connectivity index (χ2v) is 9.65. The molecule has 0 amide bonds. The van der Waals surface area contributed by atoms with Crippen molar-refractivity contribution in [3.8, 4) is 11.5 Å². The molecule has 0 aliphatic heterocycles. The van der Waals surface area contributed by atoms with Gasteiger partial charge in [0.1, 0.15) is 0 Å². The number of aliphatic hydroxyl groups is 1. The Labute approximate surface area is 218 Å². The quantitative estimate of drug-likeness (QED) is 0.258. The molecule has 1 aliphatic carbocycles. The lowest BCUT2D eigenvalue weighted by atomic mass is 9.89. The number of nitrogens with one attached hydrogen (secondary N) is 2. The molecule has 37 heavy (non-hydrogen) atoms. The van der Waals surface area contributed by atoms with Crippen molar-refractivity contribution in [2.24, 2.45) is 0 Å². The van der Waals surface area contributed by atoms with Crippen molar-refractivity contribution in [1.29, 1.82) is 0 Å². The second-order valence-electron chi connectivity index (χ2n) is 9.65. The maximum atomic E-state index is 10.8. The Bertz CT molecular complexity index is 1320. The number of aliphatic hydroxyl groups excluding tert-OH is 1. The minimum Gasteiger partial charge on any atom is -0.493 e. The van der Waals surface area contributed by atoms with Crippen LogP contribution >= 0.6 is 0 Å². The van der Waals surface area contributed by atoms with Crippen molar-refractivity contribution < 1.29 is 19.3 Å². The molecule has 0 spiro atoms. The van der Waals surface area contributed by atoms with E-state index in [1.54, 1.807) is 14.2 Å². The standard InChI is InChI=1S/C31H36N2O4/c1-35-30-16-8-13-25(31(30)36-2)26(27-19-33-28-14-6-5-12-24(27)28)18-32-17-22(34)20-37-29-15-7-10-21-9-3-4-11-23(21)29/h3-6,8-9,11-14,16,19,22,26,29,32-34H,7,10,15,17-18,20H2,1-2H3/t22-,26+,29-/m1/s1. The number of hydrogen-bond acceptors (Lipinski definition) is 5. The molecule has 5 rings (SSSR count). The van der Waals surface area contributed by atoms with Crippen LogP contribution in [0.25, 0.3) is 10.9 Å². The third-order valence-corrected chi connectivity index (χ3v) is 7.34. The van der Waals surface area contributed by atoms with Gasteiger partial charge >= 0.3 is 0 Å². The number of rotatable bonds is 11. The highest BCUT2D eigenvalue weighted by Gasteiger charge is 2.24. The number of hydrogen-bond donors (Lipinski definition) is 3. The zero-order valence-corrected chi connectivity index (χ0v) is 21.6. The lowest BCUT2D eigenvalue weighted by Gasteiger charge is -2.27. The van der Waals surface area contributed by atoms with Crippen molar-refractivity contribution in [3.05, 3.63) is 95.2 Å². The molecule has 6 nitrogen and oxygen atoms in total. The normalized spacial score (nSPS) is 16.8. The molecule has 0 bridgehead atoms. The highest BCUT2D eigenvalue weighted by atomic mass is 16.5. The summed E-state index contributed by atoms with van der Waals surface area (Å²) in [4.78, 5) is 3.40. The number of ether oxygens (including phenoxy) is 3. The number of methoxy groups -OCH3 is 2. The first-order valence-corrected chi connectivity index (χ1v) is 13.0. The number of fused-ring (bicyclic) bond motifs is 2. The van der Waals surface area contributed by atoms with E-state index in [2.05, 4.69) is 65.0 Å². The number of aromatic amines is 1. The Morgan fingerprint density at radius 3 is 2.65 bits per heavy atom. The van der Waals surface area contributed by atoms with Crippen molar-refractivity contribution in [2.45, 2.75) is 37.4 Å². The van der Waals surface area contributed by atoms with Crippen LogP contribution in [0, 0.1) is 0 Å². The first kappa shape index (κ1) is 25.3. The number of aryl methyl sites for hydroxylation is 1. The van der Waals surface area contributed by atoms with Crippen molar-refractivity contribution in [1.82, 2.24) is 10.3 Å². The van der Waals surface area contributed by atoms with E-state index < -0.39 is 6.10 Å². The molecule has 1 heterocycles. The van der Waals surface area contributed by atoms with Crippen LogP contribution < -0.4 is 14.8 Å². The Hall–Kier alpha value is -3.32. The summed E-state index contributed by atoms with van der Waals surface area (Å²) in [6.45, 7) is 1.35. The Kier molecular flexibility index (Phi) is 8.09. The molecule has 0 saturated heterocycles. The van der Waals surface area contributed by atoms with Gasteiger partial charge in [-0.05, 0) is 48.1 Å². The molecular weight excluding hydrogens is 464 g/mol. The minimum atomic E-state index is -0.607. The van der Waals surface area contributed by atoms with Crippen LogP contribution in [0.4, 0.5) is 0 Å². The number of H-pyrrole nitrogens is 1. The first-order chi connectivity index (χ1) is 18.2. The van der Waals surface area contributed by atoms with Gasteiger partial charge in [0, 0.05) is 41.7 Å². The van der Waals surface area contributed by atoms with Gasteiger partial charge in [-0.3, -0.25) is 0 Å². The van der Waals surface area contributed by atoms with Crippen LogP contribution in [-0.2, 0) is 11.2 Å². The molecule has 0 saturated carbocycles. The number of para-hydroxylation sites is 2. The van der Waals surface area contributed by atoms with Gasteiger partial charge in [0.15, 0.2) is 11.5 Å². The van der Waals surface area contributed by atoms with Crippen LogP contribution in [0.3, 0.4) is 0 Å². The van der Waals surface area contributed by atoms with Crippen LogP contribution in [0.1, 0.15) is 47.1 Å². The zero-order chi connectivity index (χ0) is 25.6. The number of aromatic nitrogens is 1. The predicted molar refractivity (Wildman–Crippen MR) is 147 cm³/mol. The third-order valence-electron chi connectivity index (χ3n) is 7.34. The van der Waals surface area contributed by atoms with Gasteiger partial charge in [-0.15, -0.1) is 0 Å². The van der Waals surface area contributed by atoms with Crippen molar-refractivity contribution in [2.75, 3.05) is 33.9 Å². The lowest BCUT2D eigenvalue weighted by molar-refractivity contribution is -0.0166. The smallest absolute Gasteiger partial charge is 0.164 e. The molecule has 3 atom stereocenters. The molecule has 1 aromatic heterocycles. The number of benzene rings is 3. The van der Waals surface area contributed by atoms with Gasteiger partial charge in [0.2, 0.25) is 0 Å². The van der Waals surface area contributed by atoms with Crippen LogP contribution in [0.15, 0.2) is 72.9 Å².